The first-order valence-electron chi connectivity index (χ1n) is 8.39. The molecule has 2 amide bonds. The highest BCUT2D eigenvalue weighted by atomic mass is 32.1. The van der Waals surface area contributed by atoms with Crippen LogP contribution in [-0.2, 0) is 17.7 Å². The molecule has 4 rings (SSSR count). The zero-order valence-electron chi connectivity index (χ0n) is 13.8. The van der Waals surface area contributed by atoms with E-state index in [0.29, 0.717) is 17.6 Å². The number of thiazole rings is 1. The van der Waals surface area contributed by atoms with Crippen molar-refractivity contribution in [2.45, 2.75) is 31.7 Å². The molecule has 2 aromatic rings. The van der Waals surface area contributed by atoms with E-state index in [9.17, 15) is 4.79 Å². The molecule has 3 N–H and O–H groups in total. The Kier molecular flexibility index (Phi) is 4.50. The van der Waals surface area contributed by atoms with Gasteiger partial charge in [-0.15, -0.1) is 0 Å². The van der Waals surface area contributed by atoms with Crippen LogP contribution >= 0.6 is 11.3 Å². The van der Waals surface area contributed by atoms with Crippen LogP contribution in [0.15, 0.2) is 12.3 Å². The second-order valence-electron chi connectivity index (χ2n) is 6.25. The zero-order valence-corrected chi connectivity index (χ0v) is 14.6. The molecule has 2 aliphatic rings. The maximum Gasteiger partial charge on any atom is 0.318 e. The second kappa shape index (κ2) is 6.93. The Bertz CT molecular complexity index is 774. The first kappa shape index (κ1) is 16.2. The summed E-state index contributed by atoms with van der Waals surface area (Å²) in [5, 5.41) is 3.10. The van der Waals surface area contributed by atoms with E-state index in [2.05, 4.69) is 20.2 Å². The number of urea groups is 1. The maximum absolute atomic E-state index is 11.0. The molecular weight excluding hydrogens is 340 g/mol. The molecule has 0 spiro atoms. The fraction of sp³-hybridized carbons (Fsp3) is 0.500. The first-order chi connectivity index (χ1) is 12.2. The number of fused-ring (bicyclic) bond motifs is 1. The molecule has 8 nitrogen and oxygen atoms in total. The van der Waals surface area contributed by atoms with E-state index in [1.807, 2.05) is 12.3 Å². The van der Waals surface area contributed by atoms with Gasteiger partial charge in [-0.1, -0.05) is 11.3 Å². The Morgan fingerprint density at radius 1 is 1.44 bits per heavy atom. The lowest BCUT2D eigenvalue weighted by atomic mass is 9.98. The average molecular weight is 360 g/mol. The number of ether oxygens (including phenoxy) is 1. The zero-order chi connectivity index (χ0) is 17.2. The molecule has 2 aliphatic heterocycles. The topological polar surface area (TPSA) is 106 Å². The number of aromatic nitrogens is 3. The number of amides is 2. The third-order valence-electron chi connectivity index (χ3n) is 4.49. The quantitative estimate of drug-likeness (QED) is 0.866. The van der Waals surface area contributed by atoms with Crippen LogP contribution in [0.1, 0.15) is 35.0 Å². The summed E-state index contributed by atoms with van der Waals surface area (Å²) in [4.78, 5) is 27.9. The van der Waals surface area contributed by atoms with Gasteiger partial charge in [0, 0.05) is 36.6 Å². The maximum atomic E-state index is 11.0. The van der Waals surface area contributed by atoms with Crippen molar-refractivity contribution in [2.75, 3.05) is 30.0 Å². The fourth-order valence-electron chi connectivity index (χ4n) is 3.24. The first-order valence-corrected chi connectivity index (χ1v) is 9.21. The predicted octanol–water partition coefficient (Wildman–Crippen LogP) is 1.88. The van der Waals surface area contributed by atoms with Gasteiger partial charge in [-0.25, -0.2) is 19.7 Å². The summed E-state index contributed by atoms with van der Waals surface area (Å²) < 4.78 is 5.58. The third kappa shape index (κ3) is 3.57. The van der Waals surface area contributed by atoms with Gasteiger partial charge in [0.25, 0.3) is 0 Å². The largest absolute Gasteiger partial charge is 0.381 e. The van der Waals surface area contributed by atoms with Crippen molar-refractivity contribution in [1.29, 1.82) is 0 Å². The van der Waals surface area contributed by atoms with E-state index in [0.717, 1.165) is 61.2 Å². The normalized spacial score (nSPS) is 20.2. The highest BCUT2D eigenvalue weighted by Crippen LogP contribution is 2.30. The van der Waals surface area contributed by atoms with Gasteiger partial charge in [0.2, 0.25) is 5.95 Å². The van der Waals surface area contributed by atoms with Gasteiger partial charge in [0.15, 0.2) is 5.13 Å². The molecule has 0 bridgehead atoms. The number of rotatable bonds is 3. The van der Waals surface area contributed by atoms with Crippen molar-refractivity contribution in [3.63, 3.8) is 0 Å². The van der Waals surface area contributed by atoms with Crippen molar-refractivity contribution in [1.82, 2.24) is 15.0 Å². The summed E-state index contributed by atoms with van der Waals surface area (Å²) in [7, 11) is 0. The van der Waals surface area contributed by atoms with E-state index in [4.69, 9.17) is 15.5 Å². The standard InChI is InChI=1S/C16H20N6O2S/c17-14(23)21-16-20-12-4-6-22(8-13(12)25-16)15-18-5-3-11(19-15)10-2-1-7-24-9-10/h3,5,10H,1-2,4,6-9H2,(H3,17,20,21,23). The van der Waals surface area contributed by atoms with Crippen LogP contribution < -0.4 is 16.0 Å². The molecule has 25 heavy (non-hydrogen) atoms. The van der Waals surface area contributed by atoms with Gasteiger partial charge in [0.1, 0.15) is 0 Å². The number of nitrogens with zero attached hydrogens (tertiary/aromatic N) is 4. The van der Waals surface area contributed by atoms with Gasteiger partial charge in [-0.3, -0.25) is 5.32 Å². The number of hydrogen-bond donors (Lipinski definition) is 2. The monoisotopic (exact) mass is 360 g/mol. The Hall–Kier alpha value is -2.26. The summed E-state index contributed by atoms with van der Waals surface area (Å²) in [5.74, 6) is 1.09. The Labute approximate surface area is 149 Å². The van der Waals surface area contributed by atoms with Crippen LogP contribution in [0.3, 0.4) is 0 Å². The lowest BCUT2D eigenvalue weighted by molar-refractivity contribution is 0.0793. The van der Waals surface area contributed by atoms with Gasteiger partial charge >= 0.3 is 6.03 Å². The van der Waals surface area contributed by atoms with Crippen LogP contribution in [0.4, 0.5) is 15.9 Å². The lowest BCUT2D eigenvalue weighted by Gasteiger charge is -2.27. The van der Waals surface area contributed by atoms with Crippen LogP contribution in [0.2, 0.25) is 0 Å². The Balaban J connectivity index is 1.51. The molecule has 9 heteroatoms. The number of hydrogen-bond acceptors (Lipinski definition) is 7. The molecule has 1 unspecified atom stereocenters. The number of nitrogens with two attached hydrogens (primary N) is 1. The number of anilines is 2. The number of primary amides is 1. The fourth-order valence-corrected chi connectivity index (χ4v) is 4.27. The van der Waals surface area contributed by atoms with Crippen LogP contribution in [0.25, 0.3) is 0 Å². The average Bonchev–Trinajstić information content (AvgIpc) is 3.03. The molecule has 132 valence electrons. The Morgan fingerprint density at radius 3 is 3.16 bits per heavy atom. The second-order valence-corrected chi connectivity index (χ2v) is 7.33. The van der Waals surface area contributed by atoms with E-state index < -0.39 is 6.03 Å². The summed E-state index contributed by atoms with van der Waals surface area (Å²) in [5.41, 5.74) is 7.23. The summed E-state index contributed by atoms with van der Waals surface area (Å²) in [6.07, 6.45) is 4.81. The molecule has 1 atom stereocenters. The van der Waals surface area contributed by atoms with Gasteiger partial charge in [-0.2, -0.15) is 0 Å². The molecule has 1 saturated heterocycles. The molecule has 1 fully saturated rings. The van der Waals surface area contributed by atoms with E-state index in [1.54, 1.807) is 0 Å². The van der Waals surface area contributed by atoms with Crippen LogP contribution in [0.5, 0.6) is 0 Å². The van der Waals surface area contributed by atoms with Gasteiger partial charge < -0.3 is 15.4 Å². The SMILES string of the molecule is NC(=O)Nc1nc2c(s1)CN(c1nccc(C3CCCOC3)n1)CC2. The van der Waals surface area contributed by atoms with Gasteiger partial charge in [-0.05, 0) is 18.9 Å². The van der Waals surface area contributed by atoms with E-state index in [-0.39, 0.29) is 0 Å². The highest BCUT2D eigenvalue weighted by molar-refractivity contribution is 7.15. The van der Waals surface area contributed by atoms with Crippen LogP contribution in [0, 0.1) is 0 Å². The highest BCUT2D eigenvalue weighted by Gasteiger charge is 2.24. The van der Waals surface area contributed by atoms with Crippen molar-refractivity contribution in [3.8, 4) is 0 Å². The summed E-state index contributed by atoms with van der Waals surface area (Å²) >= 11 is 1.45. The van der Waals surface area contributed by atoms with Crippen molar-refractivity contribution < 1.29 is 9.53 Å². The molecule has 0 aromatic carbocycles. The Morgan fingerprint density at radius 2 is 2.36 bits per heavy atom. The van der Waals surface area contributed by atoms with E-state index in [1.165, 1.54) is 11.3 Å². The van der Waals surface area contributed by atoms with Crippen molar-refractivity contribution in [2.24, 2.45) is 5.73 Å². The van der Waals surface area contributed by atoms with E-state index >= 15 is 0 Å². The molecular formula is C16H20N6O2S. The van der Waals surface area contributed by atoms with Crippen molar-refractivity contribution in [3.05, 3.63) is 28.5 Å². The number of carbonyl (C=O) groups excluding carboxylic acids is 1. The van der Waals surface area contributed by atoms with Crippen LogP contribution in [-0.4, -0.2) is 40.7 Å². The third-order valence-corrected chi connectivity index (χ3v) is 5.49. The molecule has 0 saturated carbocycles. The summed E-state index contributed by atoms with van der Waals surface area (Å²) in [6, 6.07) is 1.40. The lowest BCUT2D eigenvalue weighted by Crippen LogP contribution is -2.31. The number of carbonyl (C=O) groups is 1. The predicted molar refractivity (Wildman–Crippen MR) is 94.9 cm³/mol. The minimum atomic E-state index is -0.589. The molecule has 4 heterocycles. The molecule has 2 aromatic heterocycles. The minimum absolute atomic E-state index is 0.352. The van der Waals surface area contributed by atoms with Gasteiger partial charge in [0.05, 0.1) is 24.5 Å². The minimum Gasteiger partial charge on any atom is -0.381 e. The molecule has 0 aliphatic carbocycles. The molecule has 0 radical (unpaired) electrons. The smallest absolute Gasteiger partial charge is 0.318 e. The van der Waals surface area contributed by atoms with Crippen molar-refractivity contribution >= 4 is 28.4 Å². The summed E-state index contributed by atoms with van der Waals surface area (Å²) in [6.45, 7) is 3.07. The number of nitrogens with one attached hydrogen (secondary N) is 1.